The Balaban J connectivity index is 1.73. The average Bonchev–Trinajstić information content (AvgIpc) is 3.10. The van der Waals surface area contributed by atoms with Crippen LogP contribution in [0, 0.1) is 17.8 Å². The zero-order valence-corrected chi connectivity index (χ0v) is 24.4. The predicted molar refractivity (Wildman–Crippen MR) is 147 cm³/mol. The van der Waals surface area contributed by atoms with Gasteiger partial charge in [-0.2, -0.15) is 0 Å². The van der Waals surface area contributed by atoms with E-state index in [-0.39, 0.29) is 62.5 Å². The summed E-state index contributed by atoms with van der Waals surface area (Å²) in [7, 11) is 0. The first kappa shape index (κ1) is 33.2. The normalized spacial score (nSPS) is 18.1. The van der Waals surface area contributed by atoms with Crippen LogP contribution in [-0.2, 0) is 44.8 Å². The third kappa shape index (κ3) is 10.2. The molecule has 2 unspecified atom stereocenters. The van der Waals surface area contributed by atoms with Crippen LogP contribution in [0.4, 0.5) is 10.5 Å². The molecule has 0 saturated carbocycles. The van der Waals surface area contributed by atoms with E-state index in [1.807, 2.05) is 0 Å². The Labute approximate surface area is 239 Å². The lowest BCUT2D eigenvalue weighted by Crippen LogP contribution is -2.53. The van der Waals surface area contributed by atoms with E-state index in [9.17, 15) is 28.8 Å². The summed E-state index contributed by atoms with van der Waals surface area (Å²) < 4.78 is 15.4. The van der Waals surface area contributed by atoms with Crippen molar-refractivity contribution in [3.63, 3.8) is 0 Å². The molecule has 4 atom stereocenters. The van der Waals surface area contributed by atoms with Crippen molar-refractivity contribution in [2.45, 2.75) is 60.2 Å². The van der Waals surface area contributed by atoms with Gasteiger partial charge in [0.1, 0.15) is 25.3 Å². The van der Waals surface area contributed by atoms with Crippen LogP contribution >= 0.6 is 0 Å². The highest BCUT2D eigenvalue weighted by molar-refractivity contribution is 6.04. The molecule has 3 N–H and O–H groups in total. The van der Waals surface area contributed by atoms with Gasteiger partial charge in [-0.25, -0.2) is 4.79 Å². The third-order valence-electron chi connectivity index (χ3n) is 6.62. The molecule has 226 valence electrons. The molecular formula is C28H40N4O9. The van der Waals surface area contributed by atoms with E-state index in [1.165, 1.54) is 18.7 Å². The van der Waals surface area contributed by atoms with Crippen molar-refractivity contribution in [2.75, 3.05) is 31.7 Å². The zero-order valence-electron chi connectivity index (χ0n) is 24.4. The quantitative estimate of drug-likeness (QED) is 0.169. The summed E-state index contributed by atoms with van der Waals surface area (Å²) >= 11 is 0. The molecule has 0 bridgehead atoms. The molecule has 0 aromatic heterocycles. The Morgan fingerprint density at radius 3 is 2.02 bits per heavy atom. The Bertz CT molecular complexity index is 1090. The van der Waals surface area contributed by atoms with E-state index in [4.69, 9.17) is 14.2 Å². The summed E-state index contributed by atoms with van der Waals surface area (Å²) in [6.07, 6.45) is -0.832. The van der Waals surface area contributed by atoms with E-state index in [0.29, 0.717) is 5.69 Å². The van der Waals surface area contributed by atoms with Gasteiger partial charge in [0.2, 0.25) is 23.6 Å². The molecule has 1 saturated heterocycles. The Hall–Kier alpha value is -4.00. The number of nitrogens with one attached hydrogen (secondary N) is 3. The molecule has 1 aliphatic heterocycles. The number of hydrogen-bond donors (Lipinski definition) is 3. The number of carbonyl (C=O) groups is 6. The molecule has 2 rings (SSSR count). The van der Waals surface area contributed by atoms with Gasteiger partial charge in [0.05, 0.1) is 19.8 Å². The molecule has 1 aromatic rings. The van der Waals surface area contributed by atoms with Gasteiger partial charge in [-0.05, 0) is 30.5 Å². The van der Waals surface area contributed by atoms with Crippen molar-refractivity contribution in [3.8, 4) is 0 Å². The highest BCUT2D eigenvalue weighted by atomic mass is 16.6. The summed E-state index contributed by atoms with van der Waals surface area (Å²) in [6, 6.07) is 4.83. The molecule has 1 heterocycles. The van der Waals surface area contributed by atoms with Crippen molar-refractivity contribution in [2.24, 2.45) is 17.8 Å². The van der Waals surface area contributed by atoms with E-state index in [1.54, 1.807) is 52.0 Å². The largest absolute Gasteiger partial charge is 0.461 e. The lowest BCUT2D eigenvalue weighted by Gasteiger charge is -2.23. The topological polar surface area (TPSA) is 169 Å². The molecule has 0 radical (unpaired) electrons. The number of ether oxygens (including phenoxy) is 3. The van der Waals surface area contributed by atoms with Crippen LogP contribution in [0.2, 0.25) is 0 Å². The maximum atomic E-state index is 12.8. The highest BCUT2D eigenvalue weighted by Crippen LogP contribution is 2.24. The van der Waals surface area contributed by atoms with Crippen LogP contribution in [0.15, 0.2) is 24.3 Å². The van der Waals surface area contributed by atoms with E-state index >= 15 is 0 Å². The standard InChI is InChI=1S/C28H40N4O9/c1-16(2)23(31-28(38)40-14-13-39-12-11-32-26(36)17(3)18(4)27(32)37)25(35)29-19(5)24(34)30-22-9-7-21(8-10-22)15-41-20(6)33/h7-10,16-19,23H,11-15H2,1-6H3,(H,29,35)(H,30,34)(H,31,38)/t17?,18?,19-,23+/m1/s1. The molecule has 5 amide bonds. The fourth-order valence-electron chi connectivity index (χ4n) is 3.89. The number of anilines is 1. The number of rotatable bonds is 14. The second kappa shape index (κ2) is 15.7. The molecule has 13 heteroatoms. The number of esters is 1. The molecule has 0 aliphatic carbocycles. The van der Waals surface area contributed by atoms with Crippen molar-refractivity contribution < 1.29 is 43.0 Å². The Kier molecular flexibility index (Phi) is 12.7. The number of alkyl carbamates (subject to hydrolysis) is 1. The van der Waals surface area contributed by atoms with E-state index in [2.05, 4.69) is 16.0 Å². The van der Waals surface area contributed by atoms with E-state index < -0.39 is 36.0 Å². The van der Waals surface area contributed by atoms with Crippen LogP contribution in [0.3, 0.4) is 0 Å². The van der Waals surface area contributed by atoms with Crippen molar-refractivity contribution in [3.05, 3.63) is 29.8 Å². The number of nitrogens with zero attached hydrogens (tertiary/aromatic N) is 1. The summed E-state index contributed by atoms with van der Waals surface area (Å²) in [4.78, 5) is 73.9. The van der Waals surface area contributed by atoms with Crippen LogP contribution in [0.5, 0.6) is 0 Å². The first-order chi connectivity index (χ1) is 19.3. The molecule has 1 aromatic carbocycles. The third-order valence-corrected chi connectivity index (χ3v) is 6.62. The minimum absolute atomic E-state index is 0.0369. The number of benzene rings is 1. The molecule has 1 aliphatic rings. The highest BCUT2D eigenvalue weighted by Gasteiger charge is 2.41. The van der Waals surface area contributed by atoms with Gasteiger partial charge in [-0.1, -0.05) is 39.8 Å². The van der Waals surface area contributed by atoms with Gasteiger partial charge in [-0.3, -0.25) is 28.9 Å². The fourth-order valence-corrected chi connectivity index (χ4v) is 3.89. The van der Waals surface area contributed by atoms with Crippen LogP contribution in [0.1, 0.15) is 47.1 Å². The molecule has 0 spiro atoms. The smallest absolute Gasteiger partial charge is 0.407 e. The average molecular weight is 577 g/mol. The lowest BCUT2D eigenvalue weighted by atomic mass is 10.00. The monoisotopic (exact) mass is 576 g/mol. The van der Waals surface area contributed by atoms with Crippen molar-refractivity contribution >= 4 is 41.4 Å². The number of likely N-dealkylation sites (tertiary alicyclic amines) is 1. The summed E-state index contributed by atoms with van der Waals surface area (Å²) in [6.45, 7) is 10.0. The maximum absolute atomic E-state index is 12.8. The first-order valence-electron chi connectivity index (χ1n) is 13.5. The number of imide groups is 1. The van der Waals surface area contributed by atoms with Crippen LogP contribution in [-0.4, -0.2) is 79.0 Å². The van der Waals surface area contributed by atoms with Gasteiger partial charge in [0.15, 0.2) is 0 Å². The number of carbonyl (C=O) groups excluding carboxylic acids is 6. The lowest BCUT2D eigenvalue weighted by molar-refractivity contribution is -0.142. The SMILES string of the molecule is CC(=O)OCc1ccc(NC(=O)[C@@H](C)NC(=O)[C@@H](NC(=O)OCCOCCN2C(=O)C(C)C(C)C2=O)C(C)C)cc1. The van der Waals surface area contributed by atoms with Crippen LogP contribution in [0.25, 0.3) is 0 Å². The van der Waals surface area contributed by atoms with Gasteiger partial charge in [0.25, 0.3) is 0 Å². The Morgan fingerprint density at radius 1 is 0.854 bits per heavy atom. The van der Waals surface area contributed by atoms with Crippen molar-refractivity contribution in [1.82, 2.24) is 15.5 Å². The van der Waals surface area contributed by atoms with E-state index in [0.717, 1.165) is 5.56 Å². The van der Waals surface area contributed by atoms with Crippen LogP contribution < -0.4 is 16.0 Å². The Morgan fingerprint density at radius 2 is 1.46 bits per heavy atom. The van der Waals surface area contributed by atoms with Crippen molar-refractivity contribution in [1.29, 1.82) is 0 Å². The molecule has 1 fully saturated rings. The first-order valence-corrected chi connectivity index (χ1v) is 13.5. The van der Waals surface area contributed by atoms with Gasteiger partial charge >= 0.3 is 12.1 Å². The summed E-state index contributed by atoms with van der Waals surface area (Å²) in [5.74, 6) is -2.87. The number of amides is 5. The zero-order chi connectivity index (χ0) is 30.7. The van der Waals surface area contributed by atoms with Gasteiger partial charge in [0, 0.05) is 24.4 Å². The second-order valence-electron chi connectivity index (χ2n) is 10.2. The minimum atomic E-state index is -0.963. The number of hydrogen-bond acceptors (Lipinski definition) is 9. The molecular weight excluding hydrogens is 536 g/mol. The molecule has 41 heavy (non-hydrogen) atoms. The summed E-state index contributed by atoms with van der Waals surface area (Å²) in [5, 5.41) is 7.78. The maximum Gasteiger partial charge on any atom is 0.407 e. The molecule has 13 nitrogen and oxygen atoms in total. The minimum Gasteiger partial charge on any atom is -0.461 e. The second-order valence-corrected chi connectivity index (χ2v) is 10.2. The van der Waals surface area contributed by atoms with Gasteiger partial charge < -0.3 is 30.2 Å². The fraction of sp³-hybridized carbons (Fsp3) is 0.571. The summed E-state index contributed by atoms with van der Waals surface area (Å²) in [5.41, 5.74) is 1.25. The van der Waals surface area contributed by atoms with Gasteiger partial charge in [-0.15, -0.1) is 0 Å². The predicted octanol–water partition coefficient (Wildman–Crippen LogP) is 1.60.